The number of hydrogen-bond acceptors (Lipinski definition) is 9. The molecule has 1 aromatic heterocycles. The molecular weight excluding hydrogens is 648 g/mol. The third-order valence-corrected chi connectivity index (χ3v) is 10.8. The first-order chi connectivity index (χ1) is 24.8. The predicted molar refractivity (Wildman–Crippen MR) is 193 cm³/mol. The number of nitrogens with one attached hydrogen (secondary N) is 2. The Morgan fingerprint density at radius 2 is 1.71 bits per heavy atom. The smallest absolute Gasteiger partial charge is 0.320 e. The Morgan fingerprint density at radius 1 is 0.941 bits per heavy atom. The number of hydrogen-bond donors (Lipinski definition) is 4. The molecule has 4 aromatic rings. The molecule has 2 bridgehead atoms. The van der Waals surface area contributed by atoms with Gasteiger partial charge in [0.25, 0.3) is 5.91 Å². The topological polar surface area (TPSA) is 144 Å². The second-order valence-corrected chi connectivity index (χ2v) is 14.1. The van der Waals surface area contributed by atoms with Crippen molar-refractivity contribution in [3.05, 3.63) is 106 Å². The summed E-state index contributed by atoms with van der Waals surface area (Å²) in [6.07, 6.45) is 3.96. The van der Waals surface area contributed by atoms with Gasteiger partial charge in [-0.3, -0.25) is 19.3 Å². The van der Waals surface area contributed by atoms with E-state index in [9.17, 15) is 24.6 Å². The van der Waals surface area contributed by atoms with Gasteiger partial charge in [0.05, 0.1) is 18.2 Å². The van der Waals surface area contributed by atoms with Crippen LogP contribution in [0.3, 0.4) is 0 Å². The number of pyridine rings is 1. The summed E-state index contributed by atoms with van der Waals surface area (Å²) < 4.78 is 12.1. The van der Waals surface area contributed by atoms with Crippen molar-refractivity contribution in [2.24, 2.45) is 5.92 Å². The number of likely N-dealkylation sites (tertiary alicyclic amines) is 1. The summed E-state index contributed by atoms with van der Waals surface area (Å²) in [5.41, 5.74) is 1.23. The molecule has 5 heterocycles. The lowest BCUT2D eigenvalue weighted by atomic mass is 9.73. The Hall–Kier alpha value is -4.71. The molecule has 2 unspecified atom stereocenters. The number of carbonyl (C=O) groups is 2. The Balaban J connectivity index is 0.834. The number of aromatic hydroxyl groups is 1. The van der Waals surface area contributed by atoms with Gasteiger partial charge in [0.1, 0.15) is 23.0 Å². The van der Waals surface area contributed by atoms with Gasteiger partial charge in [0.15, 0.2) is 0 Å². The van der Waals surface area contributed by atoms with E-state index >= 15 is 0 Å². The first kappa shape index (κ1) is 34.7. The lowest BCUT2D eigenvalue weighted by Gasteiger charge is -2.50. The zero-order valence-electron chi connectivity index (χ0n) is 28.8. The van der Waals surface area contributed by atoms with E-state index in [0.717, 1.165) is 63.8 Å². The summed E-state index contributed by atoms with van der Waals surface area (Å²) in [4.78, 5) is 45.6. The van der Waals surface area contributed by atoms with Gasteiger partial charge in [-0.1, -0.05) is 36.4 Å². The molecule has 4 fully saturated rings. The number of rotatable bonds is 14. The summed E-state index contributed by atoms with van der Waals surface area (Å²) in [7, 11) is 0. The maximum atomic E-state index is 13.8. The van der Waals surface area contributed by atoms with E-state index in [1.807, 2.05) is 42.5 Å². The van der Waals surface area contributed by atoms with E-state index in [1.54, 1.807) is 29.2 Å². The lowest BCUT2D eigenvalue weighted by Crippen LogP contribution is -2.66. The van der Waals surface area contributed by atoms with Gasteiger partial charge in [-0.2, -0.15) is 0 Å². The van der Waals surface area contributed by atoms with Crippen molar-refractivity contribution in [1.82, 2.24) is 20.1 Å². The first-order valence-corrected chi connectivity index (χ1v) is 18.1. The molecular formula is C40H46N4O7. The number of unbranched alkanes of at least 4 members (excludes halogenated alkanes) is 2. The number of phenols is 1. The number of esters is 1. The maximum Gasteiger partial charge on any atom is 0.320 e. The Morgan fingerprint density at radius 3 is 2.43 bits per heavy atom. The third kappa shape index (κ3) is 7.51. The Labute approximate surface area is 297 Å². The molecule has 51 heavy (non-hydrogen) atoms. The number of benzene rings is 3. The monoisotopic (exact) mass is 694 g/mol. The highest BCUT2D eigenvalue weighted by Gasteiger charge is 2.54. The molecule has 4 saturated heterocycles. The number of piperidine rings is 3. The highest BCUT2D eigenvalue weighted by molar-refractivity contribution is 5.98. The van der Waals surface area contributed by atoms with Crippen LogP contribution in [0.1, 0.15) is 59.7 Å². The van der Waals surface area contributed by atoms with Crippen LogP contribution < -0.4 is 15.6 Å². The van der Waals surface area contributed by atoms with E-state index in [-0.39, 0.29) is 42.4 Å². The SMILES string of the molecule is O=C(c1ccc(OCCCCCNCC(O)c2ccc(O)c3[nH]c(=O)ccc23)cc1)N1CC(C(=O)OC2CN3CCC2CC3)(c2ccccc2)C1. The van der Waals surface area contributed by atoms with Gasteiger partial charge >= 0.3 is 5.97 Å². The van der Waals surface area contributed by atoms with Crippen molar-refractivity contribution in [2.45, 2.75) is 49.7 Å². The van der Waals surface area contributed by atoms with Crippen LogP contribution in [0.15, 0.2) is 83.7 Å². The number of H-pyrrole nitrogens is 1. The lowest BCUT2D eigenvalue weighted by molar-refractivity contribution is -0.171. The Kier molecular flexibility index (Phi) is 10.4. The molecule has 11 heteroatoms. The second kappa shape index (κ2) is 15.3. The summed E-state index contributed by atoms with van der Waals surface area (Å²) in [5, 5.41) is 24.7. The van der Waals surface area contributed by atoms with Crippen LogP contribution in [0.2, 0.25) is 0 Å². The quantitative estimate of drug-likeness (QED) is 0.113. The molecule has 1 amide bonds. The Bertz CT molecular complexity index is 1880. The van der Waals surface area contributed by atoms with Gasteiger partial charge in [0, 0.05) is 43.2 Å². The van der Waals surface area contributed by atoms with Gasteiger partial charge < -0.3 is 34.9 Å². The molecule has 4 aliphatic rings. The fraction of sp³-hybridized carbons (Fsp3) is 0.425. The number of aliphatic hydroxyl groups is 1. The third-order valence-electron chi connectivity index (χ3n) is 10.8. The molecule has 0 saturated carbocycles. The van der Waals surface area contributed by atoms with Crippen LogP contribution in [0.4, 0.5) is 0 Å². The van der Waals surface area contributed by atoms with Crippen LogP contribution in [-0.2, 0) is 14.9 Å². The van der Waals surface area contributed by atoms with E-state index in [2.05, 4.69) is 15.2 Å². The average Bonchev–Trinajstić information content (AvgIpc) is 3.13. The van der Waals surface area contributed by atoms with Crippen LogP contribution in [0.25, 0.3) is 10.9 Å². The second-order valence-electron chi connectivity index (χ2n) is 14.1. The molecule has 11 nitrogen and oxygen atoms in total. The van der Waals surface area contributed by atoms with Crippen molar-refractivity contribution < 1.29 is 29.3 Å². The minimum atomic E-state index is -0.856. The van der Waals surface area contributed by atoms with Crippen molar-refractivity contribution in [1.29, 1.82) is 0 Å². The van der Waals surface area contributed by atoms with Crippen LogP contribution in [-0.4, -0.2) is 95.4 Å². The molecule has 8 rings (SSSR count). The predicted octanol–water partition coefficient (Wildman–Crippen LogP) is 4.14. The van der Waals surface area contributed by atoms with E-state index in [1.165, 1.54) is 12.1 Å². The minimum absolute atomic E-state index is 0.0327. The largest absolute Gasteiger partial charge is 0.506 e. The average molecular weight is 695 g/mol. The molecule has 4 aliphatic heterocycles. The number of phenolic OH excluding ortho intramolecular Hbond substituents is 1. The zero-order chi connectivity index (χ0) is 35.4. The van der Waals surface area contributed by atoms with Gasteiger partial charge in [-0.05, 0) is 105 Å². The fourth-order valence-electron chi connectivity index (χ4n) is 7.72. The number of aromatic nitrogens is 1. The van der Waals surface area contributed by atoms with Crippen LogP contribution in [0, 0.1) is 5.92 Å². The first-order valence-electron chi connectivity index (χ1n) is 18.1. The number of amides is 1. The standard InChI is InChI=1S/C40H46N4O7/c45-33-15-13-31(32-14-16-36(47)42-37(32)33)34(46)23-41-19-5-2-6-22-50-30-11-9-28(10-12-30)38(48)44-25-40(26-44,29-7-3-1-4-8-29)39(49)51-35-24-43-20-17-27(35)18-21-43/h1,3-4,7-16,27,34-35,41,45-46H,2,5-6,17-26H2,(H,42,47). The van der Waals surface area contributed by atoms with Gasteiger partial charge in [0.2, 0.25) is 5.56 Å². The summed E-state index contributed by atoms with van der Waals surface area (Å²) in [6, 6.07) is 23.0. The number of aliphatic hydroxyl groups excluding tert-OH is 1. The number of fused-ring (bicyclic) bond motifs is 4. The normalized spacial score (nSPS) is 21.2. The number of aromatic amines is 1. The zero-order valence-corrected chi connectivity index (χ0v) is 28.8. The maximum absolute atomic E-state index is 13.8. The van der Waals surface area contributed by atoms with Crippen molar-refractivity contribution in [2.75, 3.05) is 52.4 Å². The van der Waals surface area contributed by atoms with Crippen molar-refractivity contribution >= 4 is 22.8 Å². The minimum Gasteiger partial charge on any atom is -0.506 e. The van der Waals surface area contributed by atoms with Gasteiger partial charge in [-0.15, -0.1) is 0 Å². The van der Waals surface area contributed by atoms with Crippen molar-refractivity contribution in [3.63, 3.8) is 0 Å². The molecule has 0 radical (unpaired) electrons. The van der Waals surface area contributed by atoms with Crippen LogP contribution >= 0.6 is 0 Å². The molecule has 2 atom stereocenters. The highest BCUT2D eigenvalue weighted by Crippen LogP contribution is 2.39. The molecule has 268 valence electrons. The fourth-order valence-corrected chi connectivity index (χ4v) is 7.72. The van der Waals surface area contributed by atoms with E-state index in [0.29, 0.717) is 46.8 Å². The van der Waals surface area contributed by atoms with Crippen molar-refractivity contribution in [3.8, 4) is 11.5 Å². The number of ether oxygens (including phenoxy) is 2. The summed E-state index contributed by atoms with van der Waals surface area (Å²) >= 11 is 0. The molecule has 0 spiro atoms. The molecule has 4 N–H and O–H groups in total. The number of nitrogens with zero attached hydrogens (tertiary/aromatic N) is 2. The highest BCUT2D eigenvalue weighted by atomic mass is 16.5. The molecule has 0 aliphatic carbocycles. The van der Waals surface area contributed by atoms with Crippen LogP contribution in [0.5, 0.6) is 11.5 Å². The van der Waals surface area contributed by atoms with E-state index in [4.69, 9.17) is 9.47 Å². The van der Waals surface area contributed by atoms with E-state index < -0.39 is 11.5 Å². The molecule has 3 aromatic carbocycles. The summed E-state index contributed by atoms with van der Waals surface area (Å²) in [5.74, 6) is 0.739. The number of carbonyl (C=O) groups excluding carboxylic acids is 2. The van der Waals surface area contributed by atoms with Gasteiger partial charge in [-0.25, -0.2) is 0 Å². The summed E-state index contributed by atoms with van der Waals surface area (Å²) in [6.45, 7) is 5.14.